The average Bonchev–Trinajstić information content (AvgIpc) is 2.58. The van der Waals surface area contributed by atoms with Gasteiger partial charge in [0.25, 0.3) is 0 Å². The van der Waals surface area contributed by atoms with Crippen LogP contribution >= 0.6 is 0 Å². The summed E-state index contributed by atoms with van der Waals surface area (Å²) in [5.41, 5.74) is 1.21. The van der Waals surface area contributed by atoms with Gasteiger partial charge >= 0.3 is 0 Å². The Morgan fingerprint density at radius 1 is 1.33 bits per heavy atom. The SMILES string of the molecule is CN=C(NCCOc1cccc(C)c1)NC1CCN(C(C)C)CC1. The molecular weight excluding hydrogens is 300 g/mol. The monoisotopic (exact) mass is 332 g/mol. The number of nitrogens with one attached hydrogen (secondary N) is 2. The van der Waals surface area contributed by atoms with Crippen LogP contribution in [-0.4, -0.2) is 56.2 Å². The van der Waals surface area contributed by atoms with Gasteiger partial charge in [0, 0.05) is 32.2 Å². The molecule has 2 N–H and O–H groups in total. The van der Waals surface area contributed by atoms with Crippen molar-refractivity contribution in [2.75, 3.05) is 33.3 Å². The molecule has 0 amide bonds. The van der Waals surface area contributed by atoms with E-state index in [1.54, 1.807) is 0 Å². The lowest BCUT2D eigenvalue weighted by Crippen LogP contribution is -2.50. The molecule has 1 aromatic rings. The standard InChI is InChI=1S/C19H32N4O/c1-15(2)23-11-8-17(9-12-23)22-19(20-4)21-10-13-24-18-7-5-6-16(3)14-18/h5-7,14-15,17H,8-13H2,1-4H3,(H2,20,21,22). The van der Waals surface area contributed by atoms with Crippen molar-refractivity contribution < 1.29 is 4.74 Å². The molecule has 1 aliphatic heterocycles. The van der Waals surface area contributed by atoms with Crippen LogP contribution in [0.2, 0.25) is 0 Å². The summed E-state index contributed by atoms with van der Waals surface area (Å²) < 4.78 is 5.76. The molecule has 0 atom stereocenters. The number of guanidine groups is 1. The summed E-state index contributed by atoms with van der Waals surface area (Å²) in [5.74, 6) is 1.78. The fourth-order valence-corrected chi connectivity index (χ4v) is 2.99. The molecule has 0 unspecified atom stereocenters. The Hall–Kier alpha value is -1.75. The Morgan fingerprint density at radius 3 is 2.71 bits per heavy atom. The third-order valence-electron chi connectivity index (χ3n) is 4.48. The summed E-state index contributed by atoms with van der Waals surface area (Å²) in [6, 6.07) is 9.27. The Bertz CT molecular complexity index is 522. The highest BCUT2D eigenvalue weighted by atomic mass is 16.5. The fraction of sp³-hybridized carbons (Fsp3) is 0.632. The summed E-state index contributed by atoms with van der Waals surface area (Å²) in [6.07, 6.45) is 2.33. The van der Waals surface area contributed by atoms with E-state index in [9.17, 15) is 0 Å². The van der Waals surface area contributed by atoms with Gasteiger partial charge in [-0.1, -0.05) is 12.1 Å². The minimum atomic E-state index is 0.504. The van der Waals surface area contributed by atoms with Crippen molar-refractivity contribution >= 4 is 5.96 Å². The van der Waals surface area contributed by atoms with E-state index in [1.165, 1.54) is 18.4 Å². The first-order valence-corrected chi connectivity index (χ1v) is 8.99. The minimum Gasteiger partial charge on any atom is -0.492 e. The highest BCUT2D eigenvalue weighted by Crippen LogP contribution is 2.13. The first-order valence-electron chi connectivity index (χ1n) is 8.99. The van der Waals surface area contributed by atoms with Crippen molar-refractivity contribution in [1.82, 2.24) is 15.5 Å². The zero-order chi connectivity index (χ0) is 17.4. The Kier molecular flexibility index (Phi) is 7.37. The van der Waals surface area contributed by atoms with Crippen molar-refractivity contribution in [1.29, 1.82) is 0 Å². The van der Waals surface area contributed by atoms with E-state index in [2.05, 4.69) is 53.4 Å². The van der Waals surface area contributed by atoms with E-state index < -0.39 is 0 Å². The largest absolute Gasteiger partial charge is 0.492 e. The number of hydrogen-bond acceptors (Lipinski definition) is 3. The van der Waals surface area contributed by atoms with Gasteiger partial charge in [-0.25, -0.2) is 0 Å². The predicted molar refractivity (Wildman–Crippen MR) is 101 cm³/mol. The van der Waals surface area contributed by atoms with Crippen LogP contribution in [0.3, 0.4) is 0 Å². The van der Waals surface area contributed by atoms with E-state index >= 15 is 0 Å². The molecule has 5 nitrogen and oxygen atoms in total. The first kappa shape index (κ1) is 18.6. The van der Waals surface area contributed by atoms with Crippen molar-refractivity contribution in [2.45, 2.75) is 45.7 Å². The molecule has 1 fully saturated rings. The van der Waals surface area contributed by atoms with Gasteiger partial charge in [-0.3, -0.25) is 4.99 Å². The molecule has 134 valence electrons. The molecule has 1 aromatic carbocycles. The van der Waals surface area contributed by atoms with Crippen LogP contribution in [0.5, 0.6) is 5.75 Å². The molecule has 2 rings (SSSR count). The van der Waals surface area contributed by atoms with E-state index in [4.69, 9.17) is 4.74 Å². The third-order valence-corrected chi connectivity index (χ3v) is 4.48. The number of benzene rings is 1. The van der Waals surface area contributed by atoms with Crippen molar-refractivity contribution in [3.63, 3.8) is 0 Å². The minimum absolute atomic E-state index is 0.504. The molecule has 0 saturated carbocycles. The average molecular weight is 332 g/mol. The number of ether oxygens (including phenoxy) is 1. The van der Waals surface area contributed by atoms with Crippen LogP contribution in [0.25, 0.3) is 0 Å². The van der Waals surface area contributed by atoms with Gasteiger partial charge < -0.3 is 20.3 Å². The van der Waals surface area contributed by atoms with E-state index in [-0.39, 0.29) is 0 Å². The quantitative estimate of drug-likeness (QED) is 0.477. The molecule has 0 bridgehead atoms. The molecule has 0 aromatic heterocycles. The predicted octanol–water partition coefficient (Wildman–Crippen LogP) is 2.41. The number of rotatable bonds is 6. The smallest absolute Gasteiger partial charge is 0.191 e. The van der Waals surface area contributed by atoms with Crippen molar-refractivity contribution in [3.05, 3.63) is 29.8 Å². The van der Waals surface area contributed by atoms with E-state index in [1.807, 2.05) is 19.2 Å². The lowest BCUT2D eigenvalue weighted by molar-refractivity contribution is 0.167. The molecule has 0 aliphatic carbocycles. The number of piperidine rings is 1. The second kappa shape index (κ2) is 9.52. The lowest BCUT2D eigenvalue weighted by Gasteiger charge is -2.35. The van der Waals surface area contributed by atoms with Crippen LogP contribution in [0.15, 0.2) is 29.3 Å². The molecule has 1 aliphatic rings. The lowest BCUT2D eigenvalue weighted by atomic mass is 10.0. The van der Waals surface area contributed by atoms with Crippen LogP contribution in [0.4, 0.5) is 0 Å². The van der Waals surface area contributed by atoms with E-state index in [0.29, 0.717) is 18.7 Å². The molecule has 1 heterocycles. The number of aliphatic imine (C=N–C) groups is 1. The number of hydrogen-bond donors (Lipinski definition) is 2. The Balaban J connectivity index is 1.66. The maximum absolute atomic E-state index is 5.76. The molecule has 1 saturated heterocycles. The van der Waals surface area contributed by atoms with Crippen molar-refractivity contribution in [3.8, 4) is 5.75 Å². The number of aryl methyl sites for hydroxylation is 1. The summed E-state index contributed by atoms with van der Waals surface area (Å²) >= 11 is 0. The van der Waals surface area contributed by atoms with Gasteiger partial charge in [-0.2, -0.15) is 0 Å². The van der Waals surface area contributed by atoms with Gasteiger partial charge in [0.15, 0.2) is 5.96 Å². The fourth-order valence-electron chi connectivity index (χ4n) is 2.99. The molecule has 24 heavy (non-hydrogen) atoms. The summed E-state index contributed by atoms with van der Waals surface area (Å²) in [5, 5.41) is 6.87. The third kappa shape index (κ3) is 6.04. The van der Waals surface area contributed by atoms with Gasteiger partial charge in [0.2, 0.25) is 0 Å². The normalized spacial score (nSPS) is 17.1. The molecule has 0 radical (unpaired) electrons. The molecule has 5 heteroatoms. The second-order valence-corrected chi connectivity index (χ2v) is 6.71. The topological polar surface area (TPSA) is 48.9 Å². The van der Waals surface area contributed by atoms with Crippen LogP contribution < -0.4 is 15.4 Å². The first-order chi connectivity index (χ1) is 11.6. The van der Waals surface area contributed by atoms with Crippen LogP contribution in [-0.2, 0) is 0 Å². The highest BCUT2D eigenvalue weighted by Gasteiger charge is 2.21. The summed E-state index contributed by atoms with van der Waals surface area (Å²) in [4.78, 5) is 6.85. The maximum Gasteiger partial charge on any atom is 0.191 e. The van der Waals surface area contributed by atoms with Gasteiger partial charge in [0.1, 0.15) is 12.4 Å². The van der Waals surface area contributed by atoms with Gasteiger partial charge in [-0.05, 0) is 51.3 Å². The number of likely N-dealkylation sites (tertiary alicyclic amines) is 1. The molecular formula is C19H32N4O. The van der Waals surface area contributed by atoms with Crippen LogP contribution in [0.1, 0.15) is 32.3 Å². The van der Waals surface area contributed by atoms with Crippen molar-refractivity contribution in [2.24, 2.45) is 4.99 Å². The summed E-state index contributed by atoms with van der Waals surface area (Å²) in [6.45, 7) is 10.3. The Labute approximate surface area is 146 Å². The zero-order valence-electron chi connectivity index (χ0n) is 15.5. The van der Waals surface area contributed by atoms with E-state index in [0.717, 1.165) is 31.3 Å². The van der Waals surface area contributed by atoms with Gasteiger partial charge in [-0.15, -0.1) is 0 Å². The molecule has 0 spiro atoms. The maximum atomic E-state index is 5.76. The van der Waals surface area contributed by atoms with Crippen LogP contribution in [0, 0.1) is 6.92 Å². The second-order valence-electron chi connectivity index (χ2n) is 6.71. The zero-order valence-corrected chi connectivity index (χ0v) is 15.5. The Morgan fingerprint density at radius 2 is 2.08 bits per heavy atom. The number of nitrogens with zero attached hydrogens (tertiary/aromatic N) is 2. The summed E-state index contributed by atoms with van der Waals surface area (Å²) in [7, 11) is 1.82. The highest BCUT2D eigenvalue weighted by molar-refractivity contribution is 5.79. The van der Waals surface area contributed by atoms with Gasteiger partial charge in [0.05, 0.1) is 6.54 Å².